The van der Waals surface area contributed by atoms with Gasteiger partial charge >= 0.3 is 0 Å². The molecule has 3 aromatic rings. The van der Waals surface area contributed by atoms with Gasteiger partial charge in [-0.15, -0.1) is 11.3 Å². The van der Waals surface area contributed by atoms with E-state index in [-0.39, 0.29) is 17.4 Å². The van der Waals surface area contributed by atoms with Gasteiger partial charge in [0.25, 0.3) is 0 Å². The molecular formula is C18H14N2O3S. The lowest BCUT2D eigenvalue weighted by Gasteiger charge is -2.27. The van der Waals surface area contributed by atoms with Crippen molar-refractivity contribution < 1.29 is 15.0 Å². The molecule has 0 unspecified atom stereocenters. The maximum absolute atomic E-state index is 13.0. The summed E-state index contributed by atoms with van der Waals surface area (Å²) in [5, 5.41) is 23.7. The molecule has 120 valence electrons. The van der Waals surface area contributed by atoms with Crippen molar-refractivity contribution in [3.63, 3.8) is 0 Å². The van der Waals surface area contributed by atoms with Crippen LogP contribution in [-0.2, 0) is 10.2 Å². The lowest BCUT2D eigenvalue weighted by atomic mass is 9.73. The fourth-order valence-corrected chi connectivity index (χ4v) is 4.07. The summed E-state index contributed by atoms with van der Waals surface area (Å²) in [5.41, 5.74) is 0.994. The highest BCUT2D eigenvalue weighted by Crippen LogP contribution is 2.49. The van der Waals surface area contributed by atoms with Crippen LogP contribution in [0.3, 0.4) is 0 Å². The molecule has 2 heterocycles. The fourth-order valence-electron chi connectivity index (χ4n) is 3.20. The number of fused-ring (bicyclic) bond motifs is 1. The van der Waals surface area contributed by atoms with E-state index in [1.54, 1.807) is 48.5 Å². The van der Waals surface area contributed by atoms with E-state index in [0.717, 1.165) is 10.0 Å². The Hall–Kier alpha value is -2.86. The topological polar surface area (TPSA) is 82.5 Å². The average molecular weight is 338 g/mol. The van der Waals surface area contributed by atoms with Gasteiger partial charge in [0.2, 0.25) is 5.91 Å². The number of phenols is 2. The maximum Gasteiger partial charge on any atom is 0.246 e. The van der Waals surface area contributed by atoms with Gasteiger partial charge in [-0.25, -0.2) is 4.98 Å². The van der Waals surface area contributed by atoms with Crippen molar-refractivity contribution in [3.05, 3.63) is 70.4 Å². The normalized spacial score (nSPS) is 15.1. The van der Waals surface area contributed by atoms with E-state index in [1.165, 1.54) is 11.3 Å². The molecule has 3 N–H and O–H groups in total. The highest BCUT2D eigenvalue weighted by atomic mass is 32.1. The van der Waals surface area contributed by atoms with Crippen molar-refractivity contribution in [3.8, 4) is 11.5 Å². The number of hydrogen-bond acceptors (Lipinski definition) is 5. The van der Waals surface area contributed by atoms with Crippen molar-refractivity contribution in [2.45, 2.75) is 12.3 Å². The van der Waals surface area contributed by atoms with Crippen LogP contribution in [0.4, 0.5) is 5.00 Å². The Morgan fingerprint density at radius 2 is 1.46 bits per heavy atom. The zero-order valence-corrected chi connectivity index (χ0v) is 13.6. The molecule has 0 bridgehead atoms. The van der Waals surface area contributed by atoms with Crippen LogP contribution in [0.25, 0.3) is 0 Å². The van der Waals surface area contributed by atoms with Crippen LogP contribution in [0.2, 0.25) is 0 Å². The molecule has 2 aromatic carbocycles. The number of thiazole rings is 1. The first kappa shape index (κ1) is 14.7. The Kier molecular flexibility index (Phi) is 3.11. The molecule has 1 aromatic heterocycles. The summed E-state index contributed by atoms with van der Waals surface area (Å²) in [6, 6.07) is 13.1. The van der Waals surface area contributed by atoms with E-state index < -0.39 is 5.41 Å². The first-order valence-electron chi connectivity index (χ1n) is 7.40. The minimum atomic E-state index is -1.10. The number of nitrogens with zero attached hydrogens (tertiary/aromatic N) is 1. The quantitative estimate of drug-likeness (QED) is 0.670. The Morgan fingerprint density at radius 3 is 1.96 bits per heavy atom. The lowest BCUT2D eigenvalue weighted by molar-refractivity contribution is -0.118. The predicted molar refractivity (Wildman–Crippen MR) is 91.6 cm³/mol. The number of benzene rings is 2. The number of rotatable bonds is 2. The molecule has 0 fully saturated rings. The molecule has 5 nitrogen and oxygen atoms in total. The van der Waals surface area contributed by atoms with Gasteiger partial charge in [0.05, 0.1) is 5.01 Å². The van der Waals surface area contributed by atoms with Crippen LogP contribution >= 0.6 is 11.3 Å². The van der Waals surface area contributed by atoms with E-state index in [0.29, 0.717) is 16.8 Å². The summed E-state index contributed by atoms with van der Waals surface area (Å²) in [4.78, 5) is 17.6. The number of hydrogen-bond donors (Lipinski definition) is 3. The fraction of sp³-hybridized carbons (Fsp3) is 0.111. The molecule has 0 saturated carbocycles. The monoisotopic (exact) mass is 338 g/mol. The molecule has 0 saturated heterocycles. The summed E-state index contributed by atoms with van der Waals surface area (Å²) in [5.74, 6) is 0.0769. The second-order valence-electron chi connectivity index (χ2n) is 5.71. The molecule has 0 aliphatic carbocycles. The molecular weight excluding hydrogens is 324 g/mol. The standard InChI is InChI=1S/C18H14N2O3S/c1-10-19-15-16(24-10)20-17(23)18(15,11-2-6-13(21)7-3-11)12-4-8-14(22)9-5-12/h2-9,21-22H,1H3,(H,20,23). The van der Waals surface area contributed by atoms with Gasteiger partial charge in [-0.3, -0.25) is 4.79 Å². The Morgan fingerprint density at radius 1 is 0.958 bits per heavy atom. The van der Waals surface area contributed by atoms with Crippen LogP contribution in [0.1, 0.15) is 21.8 Å². The maximum atomic E-state index is 13.0. The lowest BCUT2D eigenvalue weighted by Crippen LogP contribution is -2.37. The minimum Gasteiger partial charge on any atom is -0.508 e. The van der Waals surface area contributed by atoms with Crippen LogP contribution in [0.5, 0.6) is 11.5 Å². The van der Waals surface area contributed by atoms with Gasteiger partial charge in [0.15, 0.2) is 0 Å². The number of nitrogens with one attached hydrogen (secondary N) is 1. The van der Waals surface area contributed by atoms with Crippen LogP contribution < -0.4 is 5.32 Å². The van der Waals surface area contributed by atoms with Gasteiger partial charge in [-0.05, 0) is 42.3 Å². The van der Waals surface area contributed by atoms with Crippen LogP contribution in [0.15, 0.2) is 48.5 Å². The van der Waals surface area contributed by atoms with Crippen molar-refractivity contribution in [1.82, 2.24) is 4.98 Å². The highest BCUT2D eigenvalue weighted by molar-refractivity contribution is 7.16. The molecule has 0 atom stereocenters. The molecule has 0 spiro atoms. The molecule has 24 heavy (non-hydrogen) atoms. The van der Waals surface area contributed by atoms with Crippen molar-refractivity contribution in [2.75, 3.05) is 5.32 Å². The van der Waals surface area contributed by atoms with Gasteiger partial charge in [0.1, 0.15) is 27.6 Å². The average Bonchev–Trinajstić information content (AvgIpc) is 3.03. The summed E-state index contributed by atoms with van der Waals surface area (Å²) in [6.45, 7) is 1.90. The number of phenolic OH excluding ortho intramolecular Hbond substituents is 2. The Labute approximate surface area is 142 Å². The van der Waals surface area contributed by atoms with E-state index in [9.17, 15) is 15.0 Å². The zero-order valence-electron chi connectivity index (χ0n) is 12.8. The number of aromatic hydroxyl groups is 2. The summed E-state index contributed by atoms with van der Waals surface area (Å²) >= 11 is 1.44. The number of aryl methyl sites for hydroxylation is 1. The largest absolute Gasteiger partial charge is 0.508 e. The van der Waals surface area contributed by atoms with E-state index in [2.05, 4.69) is 10.3 Å². The second-order valence-corrected chi connectivity index (χ2v) is 6.91. The first-order valence-corrected chi connectivity index (χ1v) is 8.22. The third-order valence-corrected chi connectivity index (χ3v) is 5.14. The van der Waals surface area contributed by atoms with Crippen LogP contribution in [0, 0.1) is 6.92 Å². The molecule has 1 amide bonds. The SMILES string of the molecule is Cc1nc2c(s1)NC(=O)C2(c1ccc(O)cc1)c1ccc(O)cc1. The summed E-state index contributed by atoms with van der Waals surface area (Å²) < 4.78 is 0. The van der Waals surface area contributed by atoms with Gasteiger partial charge in [0, 0.05) is 0 Å². The summed E-state index contributed by atoms with van der Waals surface area (Å²) in [6.07, 6.45) is 0. The van der Waals surface area contributed by atoms with E-state index in [1.807, 2.05) is 6.92 Å². The van der Waals surface area contributed by atoms with E-state index in [4.69, 9.17) is 0 Å². The minimum absolute atomic E-state index is 0.132. The third-order valence-electron chi connectivity index (χ3n) is 4.26. The number of amides is 1. The van der Waals surface area contributed by atoms with Gasteiger partial charge in [-0.1, -0.05) is 24.3 Å². The summed E-state index contributed by atoms with van der Waals surface area (Å²) in [7, 11) is 0. The molecule has 1 aliphatic rings. The zero-order chi connectivity index (χ0) is 16.9. The smallest absolute Gasteiger partial charge is 0.246 e. The van der Waals surface area contributed by atoms with Crippen molar-refractivity contribution in [2.24, 2.45) is 0 Å². The van der Waals surface area contributed by atoms with Crippen molar-refractivity contribution in [1.29, 1.82) is 0 Å². The third kappa shape index (κ3) is 1.93. The number of aromatic nitrogens is 1. The molecule has 0 radical (unpaired) electrons. The Bertz CT molecular complexity index is 884. The van der Waals surface area contributed by atoms with Crippen molar-refractivity contribution >= 4 is 22.2 Å². The Balaban J connectivity index is 2.05. The number of carbonyl (C=O) groups excluding carboxylic acids is 1. The first-order chi connectivity index (χ1) is 11.5. The van der Waals surface area contributed by atoms with E-state index >= 15 is 0 Å². The molecule has 4 rings (SSSR count). The highest BCUT2D eigenvalue weighted by Gasteiger charge is 2.52. The van der Waals surface area contributed by atoms with Crippen LogP contribution in [-0.4, -0.2) is 21.1 Å². The van der Waals surface area contributed by atoms with Gasteiger partial charge in [-0.2, -0.15) is 0 Å². The number of anilines is 1. The molecule has 1 aliphatic heterocycles. The number of carbonyl (C=O) groups is 1. The second kappa shape index (κ2) is 5.07. The van der Waals surface area contributed by atoms with Gasteiger partial charge < -0.3 is 15.5 Å². The molecule has 6 heteroatoms. The predicted octanol–water partition coefficient (Wildman–Crippen LogP) is 3.15.